The molecule has 1 aliphatic heterocycles. The normalized spacial score (nSPS) is 17.1. The van der Waals surface area contributed by atoms with E-state index in [1.807, 2.05) is 13.8 Å². The van der Waals surface area contributed by atoms with Gasteiger partial charge in [-0.2, -0.15) is 4.31 Å². The van der Waals surface area contributed by atoms with Gasteiger partial charge in [-0.05, 0) is 25.5 Å². The van der Waals surface area contributed by atoms with Crippen LogP contribution in [0.15, 0.2) is 23.1 Å². The minimum Gasteiger partial charge on any atom is -0.335 e. The number of halogens is 2. The first-order valence-electron chi connectivity index (χ1n) is 9.03. The second kappa shape index (κ2) is 9.39. The summed E-state index contributed by atoms with van der Waals surface area (Å²) in [7, 11) is -4.31. The van der Waals surface area contributed by atoms with E-state index in [1.165, 1.54) is 0 Å². The SMILES string of the molecule is CC[C@@H](C)NC(=O)NC(=O)C[NH+]1CCN(S(=O)(=O)c2c(F)cccc2F)CC1. The summed E-state index contributed by atoms with van der Waals surface area (Å²) >= 11 is 0. The molecule has 0 bridgehead atoms. The zero-order valence-electron chi connectivity index (χ0n) is 15.8. The molecule has 1 aromatic carbocycles. The van der Waals surface area contributed by atoms with Crippen molar-refractivity contribution < 1.29 is 31.7 Å². The number of piperazine rings is 1. The molecule has 1 fully saturated rings. The molecule has 0 aromatic heterocycles. The summed E-state index contributed by atoms with van der Waals surface area (Å²) < 4.78 is 53.8. The van der Waals surface area contributed by atoms with Crippen LogP contribution in [0, 0.1) is 11.6 Å². The molecule has 3 N–H and O–H groups in total. The minimum absolute atomic E-state index is 0.00409. The van der Waals surface area contributed by atoms with Crippen molar-refractivity contribution in [2.75, 3.05) is 32.7 Å². The number of benzene rings is 1. The van der Waals surface area contributed by atoms with E-state index in [2.05, 4.69) is 10.6 Å². The number of hydrogen-bond acceptors (Lipinski definition) is 4. The van der Waals surface area contributed by atoms with E-state index >= 15 is 0 Å². The molecule has 0 radical (unpaired) electrons. The van der Waals surface area contributed by atoms with Gasteiger partial charge in [-0.3, -0.25) is 10.1 Å². The zero-order valence-corrected chi connectivity index (χ0v) is 16.6. The number of nitrogens with one attached hydrogen (secondary N) is 3. The van der Waals surface area contributed by atoms with Gasteiger partial charge in [-0.25, -0.2) is 22.0 Å². The molecule has 1 atom stereocenters. The van der Waals surface area contributed by atoms with Crippen LogP contribution in [-0.4, -0.2) is 63.4 Å². The van der Waals surface area contributed by atoms with Gasteiger partial charge in [0.2, 0.25) is 10.0 Å². The Bertz CT molecular complexity index is 806. The van der Waals surface area contributed by atoms with Crippen LogP contribution in [0.3, 0.4) is 0 Å². The maximum Gasteiger partial charge on any atom is 0.321 e. The van der Waals surface area contributed by atoms with Gasteiger partial charge in [0.25, 0.3) is 5.91 Å². The Kier molecular flexibility index (Phi) is 7.44. The third kappa shape index (κ3) is 5.46. The summed E-state index contributed by atoms with van der Waals surface area (Å²) in [5, 5.41) is 4.85. The summed E-state index contributed by atoms with van der Waals surface area (Å²) in [5.41, 5.74) is 0. The second-order valence-corrected chi connectivity index (χ2v) is 8.59. The van der Waals surface area contributed by atoms with Crippen LogP contribution < -0.4 is 15.5 Å². The molecule has 3 amide bonds. The number of carbonyl (C=O) groups excluding carboxylic acids is 2. The lowest BCUT2D eigenvalue weighted by Crippen LogP contribution is -3.15. The summed E-state index contributed by atoms with van der Waals surface area (Å²) in [5.74, 6) is -2.75. The molecule has 11 heteroatoms. The summed E-state index contributed by atoms with van der Waals surface area (Å²) in [6.45, 7) is 4.28. The fourth-order valence-corrected chi connectivity index (χ4v) is 4.39. The smallest absolute Gasteiger partial charge is 0.321 e. The van der Waals surface area contributed by atoms with Crippen molar-refractivity contribution in [2.45, 2.75) is 31.2 Å². The van der Waals surface area contributed by atoms with Crippen molar-refractivity contribution in [1.29, 1.82) is 0 Å². The van der Waals surface area contributed by atoms with Crippen LogP contribution in [0.25, 0.3) is 0 Å². The molecule has 1 aliphatic rings. The van der Waals surface area contributed by atoms with Crippen molar-refractivity contribution in [3.8, 4) is 0 Å². The number of carbonyl (C=O) groups is 2. The average Bonchev–Trinajstić information content (AvgIpc) is 2.61. The van der Waals surface area contributed by atoms with E-state index in [-0.39, 0.29) is 38.8 Å². The van der Waals surface area contributed by atoms with E-state index < -0.39 is 38.5 Å². The van der Waals surface area contributed by atoms with Crippen LogP contribution in [0.4, 0.5) is 13.6 Å². The average molecular weight is 419 g/mol. The Hall–Kier alpha value is -2.11. The van der Waals surface area contributed by atoms with Gasteiger partial charge in [0.1, 0.15) is 11.6 Å². The van der Waals surface area contributed by atoms with Crippen molar-refractivity contribution in [3.63, 3.8) is 0 Å². The molecule has 0 aliphatic carbocycles. The lowest BCUT2D eigenvalue weighted by Gasteiger charge is -2.31. The number of urea groups is 1. The number of quaternary nitrogens is 1. The number of nitrogens with zero attached hydrogens (tertiary/aromatic N) is 1. The van der Waals surface area contributed by atoms with Gasteiger partial charge in [-0.1, -0.05) is 13.0 Å². The predicted octanol–water partition coefficient (Wildman–Crippen LogP) is -0.522. The highest BCUT2D eigenvalue weighted by atomic mass is 32.2. The molecule has 1 aromatic rings. The lowest BCUT2D eigenvalue weighted by atomic mass is 10.3. The number of hydrogen-bond donors (Lipinski definition) is 3. The topological polar surface area (TPSA) is 100 Å². The van der Waals surface area contributed by atoms with Gasteiger partial charge >= 0.3 is 6.03 Å². The number of imide groups is 1. The first-order chi connectivity index (χ1) is 13.1. The van der Waals surface area contributed by atoms with Crippen LogP contribution in [-0.2, 0) is 14.8 Å². The Morgan fingerprint density at radius 3 is 2.32 bits per heavy atom. The minimum atomic E-state index is -4.31. The Morgan fingerprint density at radius 2 is 1.79 bits per heavy atom. The third-order valence-corrected chi connectivity index (χ3v) is 6.55. The number of amides is 3. The first kappa shape index (κ1) is 22.2. The van der Waals surface area contributed by atoms with Crippen LogP contribution in [0.2, 0.25) is 0 Å². The highest BCUT2D eigenvalue weighted by Gasteiger charge is 2.35. The molecular formula is C17H25F2N4O4S+. The predicted molar refractivity (Wildman–Crippen MR) is 97.1 cm³/mol. The summed E-state index contributed by atoms with van der Waals surface area (Å²) in [6.07, 6.45) is 0.728. The molecule has 156 valence electrons. The Morgan fingerprint density at radius 1 is 1.21 bits per heavy atom. The quantitative estimate of drug-likeness (QED) is 0.578. The molecule has 2 rings (SSSR count). The number of rotatable bonds is 6. The Labute approximate surface area is 162 Å². The monoisotopic (exact) mass is 419 g/mol. The zero-order chi connectivity index (χ0) is 20.9. The molecule has 0 saturated carbocycles. The molecule has 28 heavy (non-hydrogen) atoms. The fourth-order valence-electron chi connectivity index (χ4n) is 2.84. The molecule has 1 saturated heterocycles. The summed E-state index contributed by atoms with van der Waals surface area (Å²) in [4.78, 5) is 23.4. The van der Waals surface area contributed by atoms with Gasteiger partial charge in [0, 0.05) is 6.04 Å². The molecule has 1 heterocycles. The third-order valence-electron chi connectivity index (χ3n) is 4.60. The van der Waals surface area contributed by atoms with Gasteiger partial charge in [0.05, 0.1) is 26.2 Å². The van der Waals surface area contributed by atoms with Crippen LogP contribution in [0.1, 0.15) is 20.3 Å². The molecule has 8 nitrogen and oxygen atoms in total. The lowest BCUT2D eigenvalue weighted by molar-refractivity contribution is -0.895. The van der Waals surface area contributed by atoms with Crippen LogP contribution >= 0.6 is 0 Å². The molecule has 0 unspecified atom stereocenters. The standard InChI is InChI=1S/C17H24F2N4O4S/c1-3-12(2)20-17(25)21-15(24)11-22-7-9-23(10-8-22)28(26,27)16-13(18)5-4-6-14(16)19/h4-6,12H,3,7-11H2,1-2H3,(H2,20,21,24,25)/p+1/t12-/m1/s1. The van der Waals surface area contributed by atoms with Crippen molar-refractivity contribution in [1.82, 2.24) is 14.9 Å². The summed E-state index contributed by atoms with van der Waals surface area (Å²) in [6, 6.07) is 2.25. The maximum absolute atomic E-state index is 13.8. The van der Waals surface area contributed by atoms with E-state index in [1.54, 1.807) is 0 Å². The van der Waals surface area contributed by atoms with Gasteiger partial charge in [0.15, 0.2) is 11.4 Å². The largest absolute Gasteiger partial charge is 0.335 e. The number of sulfonamides is 1. The van der Waals surface area contributed by atoms with E-state index in [4.69, 9.17) is 0 Å². The van der Waals surface area contributed by atoms with Crippen molar-refractivity contribution in [2.24, 2.45) is 0 Å². The Balaban J connectivity index is 1.90. The van der Waals surface area contributed by atoms with Crippen molar-refractivity contribution >= 4 is 22.0 Å². The van der Waals surface area contributed by atoms with Gasteiger partial charge < -0.3 is 10.2 Å². The van der Waals surface area contributed by atoms with E-state index in [0.717, 1.165) is 33.8 Å². The van der Waals surface area contributed by atoms with Gasteiger partial charge in [-0.15, -0.1) is 0 Å². The van der Waals surface area contributed by atoms with E-state index in [9.17, 15) is 26.8 Å². The maximum atomic E-state index is 13.8. The second-order valence-electron chi connectivity index (χ2n) is 6.71. The highest BCUT2D eigenvalue weighted by molar-refractivity contribution is 7.89. The molecular weight excluding hydrogens is 394 g/mol. The molecule has 0 spiro atoms. The first-order valence-corrected chi connectivity index (χ1v) is 10.5. The fraction of sp³-hybridized carbons (Fsp3) is 0.529. The van der Waals surface area contributed by atoms with Crippen LogP contribution in [0.5, 0.6) is 0 Å². The van der Waals surface area contributed by atoms with Crippen molar-refractivity contribution in [3.05, 3.63) is 29.8 Å². The van der Waals surface area contributed by atoms with E-state index in [0.29, 0.717) is 0 Å². The highest BCUT2D eigenvalue weighted by Crippen LogP contribution is 2.22.